The summed E-state index contributed by atoms with van der Waals surface area (Å²) in [6.45, 7) is 0.217. The van der Waals surface area contributed by atoms with Crippen LogP contribution in [0.25, 0.3) is 0 Å². The van der Waals surface area contributed by atoms with E-state index in [1.165, 1.54) is 18.4 Å². The predicted octanol–water partition coefficient (Wildman–Crippen LogP) is 3.34. The number of rotatable bonds is 9. The lowest BCUT2D eigenvalue weighted by Gasteiger charge is -2.18. The highest BCUT2D eigenvalue weighted by molar-refractivity contribution is 5.85. The van der Waals surface area contributed by atoms with Gasteiger partial charge in [0.1, 0.15) is 18.4 Å². The smallest absolute Gasteiger partial charge is 0.408 e. The number of alkyl carbamates (subject to hydrolysis) is 1. The molecule has 0 spiro atoms. The monoisotopic (exact) mass is 423 g/mol. The molecule has 0 saturated heterocycles. The molecule has 2 N–H and O–H groups in total. The van der Waals surface area contributed by atoms with Crippen LogP contribution in [0.5, 0.6) is 0 Å². The second kappa shape index (κ2) is 10.6. The molecule has 1 atom stereocenters. The molecule has 31 heavy (non-hydrogen) atoms. The Morgan fingerprint density at radius 1 is 1.00 bits per heavy atom. The molecular formula is C22H21N3O6. The lowest BCUT2D eigenvalue weighted by atomic mass is 10.0. The second-order valence-electron chi connectivity index (χ2n) is 6.68. The van der Waals surface area contributed by atoms with Crippen molar-refractivity contribution in [1.82, 2.24) is 10.6 Å². The predicted molar refractivity (Wildman–Crippen MR) is 111 cm³/mol. The Labute approximate surface area is 178 Å². The number of amides is 2. The normalized spacial score (nSPS) is 11.4. The fourth-order valence-corrected chi connectivity index (χ4v) is 2.82. The van der Waals surface area contributed by atoms with E-state index in [1.54, 1.807) is 24.3 Å². The van der Waals surface area contributed by atoms with Crippen LogP contribution in [0.15, 0.2) is 77.4 Å². The van der Waals surface area contributed by atoms with E-state index in [1.807, 2.05) is 30.3 Å². The summed E-state index contributed by atoms with van der Waals surface area (Å²) in [6.07, 6.45) is 0.876. The maximum atomic E-state index is 12.7. The number of nitro groups is 1. The molecule has 0 radical (unpaired) electrons. The van der Waals surface area contributed by atoms with Crippen molar-refractivity contribution in [3.8, 4) is 0 Å². The first-order valence-electron chi connectivity index (χ1n) is 9.52. The number of nitrogens with zero attached hydrogens (tertiary/aromatic N) is 1. The number of ether oxygens (including phenoxy) is 1. The average molecular weight is 423 g/mol. The van der Waals surface area contributed by atoms with Gasteiger partial charge in [0.25, 0.3) is 5.69 Å². The number of carbonyl (C=O) groups excluding carboxylic acids is 2. The maximum absolute atomic E-state index is 12.7. The Morgan fingerprint density at radius 3 is 2.39 bits per heavy atom. The van der Waals surface area contributed by atoms with E-state index in [-0.39, 0.29) is 25.3 Å². The number of benzene rings is 2. The molecule has 0 aliphatic rings. The first-order chi connectivity index (χ1) is 15.0. The number of carbonyl (C=O) groups is 2. The SMILES string of the molecule is O=C(NC(Cc1ccc([N+](=O)[O-])cc1)C(=O)NCc1ccco1)OCc1ccccc1. The standard InChI is InChI=1S/C22H21N3O6/c26-21(23-14-19-7-4-12-30-19)20(13-16-8-10-18(11-9-16)25(28)29)24-22(27)31-15-17-5-2-1-3-6-17/h1-12,20H,13-15H2,(H,23,26)(H,24,27). The van der Waals surface area contributed by atoms with Crippen molar-refractivity contribution in [2.45, 2.75) is 25.6 Å². The van der Waals surface area contributed by atoms with Gasteiger partial charge in [0.15, 0.2) is 0 Å². The van der Waals surface area contributed by atoms with E-state index in [2.05, 4.69) is 10.6 Å². The number of furan rings is 1. The summed E-state index contributed by atoms with van der Waals surface area (Å²) in [5.41, 5.74) is 1.40. The Morgan fingerprint density at radius 2 is 1.74 bits per heavy atom. The molecule has 0 fully saturated rings. The molecule has 1 aromatic heterocycles. The molecule has 0 aliphatic heterocycles. The Hall–Kier alpha value is -4.14. The molecule has 9 nitrogen and oxygen atoms in total. The van der Waals surface area contributed by atoms with Gasteiger partial charge in [0.2, 0.25) is 5.91 Å². The quantitative estimate of drug-likeness (QED) is 0.402. The van der Waals surface area contributed by atoms with Gasteiger partial charge in [-0.15, -0.1) is 0 Å². The van der Waals surface area contributed by atoms with E-state index in [9.17, 15) is 19.7 Å². The van der Waals surface area contributed by atoms with Crippen LogP contribution in [-0.2, 0) is 29.1 Å². The molecule has 9 heteroatoms. The van der Waals surface area contributed by atoms with Gasteiger partial charge in [0.05, 0.1) is 17.7 Å². The van der Waals surface area contributed by atoms with Crippen molar-refractivity contribution in [1.29, 1.82) is 0 Å². The molecule has 3 rings (SSSR count). The van der Waals surface area contributed by atoms with Gasteiger partial charge in [-0.1, -0.05) is 42.5 Å². The minimum atomic E-state index is -0.945. The third-order valence-corrected chi connectivity index (χ3v) is 4.43. The molecule has 3 aromatic rings. The fourth-order valence-electron chi connectivity index (χ4n) is 2.82. The van der Waals surface area contributed by atoms with Crippen molar-refractivity contribution >= 4 is 17.7 Å². The van der Waals surface area contributed by atoms with Gasteiger partial charge in [-0.2, -0.15) is 0 Å². The number of nitro benzene ring substituents is 1. The summed E-state index contributed by atoms with van der Waals surface area (Å²) >= 11 is 0. The van der Waals surface area contributed by atoms with Crippen molar-refractivity contribution in [3.63, 3.8) is 0 Å². The van der Waals surface area contributed by atoms with Crippen LogP contribution >= 0.6 is 0 Å². The van der Waals surface area contributed by atoms with Crippen LogP contribution in [0.2, 0.25) is 0 Å². The lowest BCUT2D eigenvalue weighted by Crippen LogP contribution is -2.48. The average Bonchev–Trinajstić information content (AvgIpc) is 3.30. The molecule has 2 aromatic carbocycles. The van der Waals surface area contributed by atoms with Crippen LogP contribution in [0.1, 0.15) is 16.9 Å². The lowest BCUT2D eigenvalue weighted by molar-refractivity contribution is -0.384. The van der Waals surface area contributed by atoms with E-state index >= 15 is 0 Å². The number of non-ortho nitro benzene ring substituents is 1. The summed E-state index contributed by atoms with van der Waals surface area (Å²) in [6, 6.07) is 17.4. The van der Waals surface area contributed by atoms with E-state index < -0.39 is 23.0 Å². The van der Waals surface area contributed by atoms with Gasteiger partial charge in [-0.3, -0.25) is 14.9 Å². The molecule has 2 amide bonds. The number of nitrogens with one attached hydrogen (secondary N) is 2. The van der Waals surface area contributed by atoms with Crippen molar-refractivity contribution < 1.29 is 23.7 Å². The first-order valence-corrected chi connectivity index (χ1v) is 9.52. The van der Waals surface area contributed by atoms with Crippen LogP contribution in [0.3, 0.4) is 0 Å². The Balaban J connectivity index is 1.64. The summed E-state index contributed by atoms with van der Waals surface area (Å²) in [7, 11) is 0. The largest absolute Gasteiger partial charge is 0.467 e. The molecule has 0 saturated carbocycles. The summed E-state index contributed by atoms with van der Waals surface area (Å²) in [4.78, 5) is 35.3. The number of hydrogen-bond donors (Lipinski definition) is 2. The van der Waals surface area contributed by atoms with Crippen LogP contribution in [-0.4, -0.2) is 23.0 Å². The zero-order valence-electron chi connectivity index (χ0n) is 16.5. The summed E-state index contributed by atoms with van der Waals surface area (Å²) < 4.78 is 10.4. The topological polar surface area (TPSA) is 124 Å². The Bertz CT molecular complexity index is 1000. The molecule has 1 unspecified atom stereocenters. The highest BCUT2D eigenvalue weighted by Crippen LogP contribution is 2.14. The van der Waals surface area contributed by atoms with Gasteiger partial charge < -0.3 is 19.8 Å². The van der Waals surface area contributed by atoms with E-state index in [4.69, 9.17) is 9.15 Å². The van der Waals surface area contributed by atoms with Gasteiger partial charge in [-0.05, 0) is 23.3 Å². The van der Waals surface area contributed by atoms with Crippen LogP contribution in [0.4, 0.5) is 10.5 Å². The van der Waals surface area contributed by atoms with Gasteiger partial charge in [0, 0.05) is 18.6 Å². The van der Waals surface area contributed by atoms with Crippen molar-refractivity contribution in [2.24, 2.45) is 0 Å². The highest BCUT2D eigenvalue weighted by Gasteiger charge is 2.22. The molecule has 1 heterocycles. The fraction of sp³-hybridized carbons (Fsp3) is 0.182. The zero-order chi connectivity index (χ0) is 22.1. The van der Waals surface area contributed by atoms with Crippen LogP contribution in [0, 0.1) is 10.1 Å². The first kappa shape index (κ1) is 21.6. The molecule has 0 bridgehead atoms. The molecular weight excluding hydrogens is 402 g/mol. The zero-order valence-corrected chi connectivity index (χ0v) is 16.5. The van der Waals surface area contributed by atoms with E-state index in [0.717, 1.165) is 5.56 Å². The number of hydrogen-bond acceptors (Lipinski definition) is 6. The minimum absolute atomic E-state index is 0.0576. The third kappa shape index (κ3) is 6.70. The highest BCUT2D eigenvalue weighted by atomic mass is 16.6. The van der Waals surface area contributed by atoms with Crippen molar-refractivity contribution in [2.75, 3.05) is 0 Å². The Kier molecular flexibility index (Phi) is 7.36. The summed E-state index contributed by atoms with van der Waals surface area (Å²) in [5.74, 6) is 0.125. The van der Waals surface area contributed by atoms with Crippen LogP contribution < -0.4 is 10.6 Å². The minimum Gasteiger partial charge on any atom is -0.467 e. The molecule has 160 valence electrons. The van der Waals surface area contributed by atoms with E-state index in [0.29, 0.717) is 11.3 Å². The summed E-state index contributed by atoms with van der Waals surface area (Å²) in [5, 5.41) is 16.1. The van der Waals surface area contributed by atoms with Gasteiger partial charge in [-0.25, -0.2) is 4.79 Å². The van der Waals surface area contributed by atoms with Gasteiger partial charge >= 0.3 is 6.09 Å². The maximum Gasteiger partial charge on any atom is 0.408 e. The second-order valence-corrected chi connectivity index (χ2v) is 6.68. The molecule has 0 aliphatic carbocycles. The third-order valence-electron chi connectivity index (χ3n) is 4.43. The van der Waals surface area contributed by atoms with Crippen molar-refractivity contribution in [3.05, 3.63) is 100.0 Å².